The number of hydrogen-bond donors (Lipinski definition) is 1. The van der Waals surface area contributed by atoms with E-state index in [1.807, 2.05) is 11.0 Å². The molecule has 1 aliphatic rings. The van der Waals surface area contributed by atoms with E-state index in [0.29, 0.717) is 18.0 Å². The zero-order chi connectivity index (χ0) is 12.3. The number of anilines is 1. The van der Waals surface area contributed by atoms with Crippen LogP contribution in [-0.2, 0) is 4.79 Å². The minimum Gasteiger partial charge on any atom is -0.480 e. The maximum Gasteiger partial charge on any atom is 0.327 e. The molecule has 1 unspecified atom stereocenters. The number of pyridine rings is 1. The molecule has 1 fully saturated rings. The first-order valence-corrected chi connectivity index (χ1v) is 6.31. The van der Waals surface area contributed by atoms with Crippen molar-refractivity contribution < 1.29 is 9.90 Å². The van der Waals surface area contributed by atoms with Crippen molar-refractivity contribution in [3.05, 3.63) is 24.0 Å². The van der Waals surface area contributed by atoms with Gasteiger partial charge in [0, 0.05) is 18.1 Å². The van der Waals surface area contributed by atoms with Crippen molar-refractivity contribution >= 4 is 23.4 Å². The molecular weight excluding hydrogens is 238 g/mol. The molecule has 1 aromatic rings. The van der Waals surface area contributed by atoms with Gasteiger partial charge >= 0.3 is 5.97 Å². The molecule has 1 aliphatic heterocycles. The van der Waals surface area contributed by atoms with Crippen molar-refractivity contribution in [2.75, 3.05) is 23.0 Å². The third kappa shape index (κ3) is 2.50. The van der Waals surface area contributed by atoms with E-state index >= 15 is 0 Å². The van der Waals surface area contributed by atoms with Crippen molar-refractivity contribution in [3.63, 3.8) is 0 Å². The second kappa shape index (κ2) is 5.06. The fraction of sp³-hybridized carbons (Fsp3) is 0.364. The maximum absolute atomic E-state index is 11.1. The van der Waals surface area contributed by atoms with Gasteiger partial charge in [0.15, 0.2) is 0 Å². The minimum absolute atomic E-state index is 0.340. The number of nitrogens with zero attached hydrogens (tertiary/aromatic N) is 3. The summed E-state index contributed by atoms with van der Waals surface area (Å²) in [6.45, 7) is 0.690. The van der Waals surface area contributed by atoms with E-state index in [1.54, 1.807) is 30.1 Å². The lowest BCUT2D eigenvalue weighted by atomic mass is 10.2. The van der Waals surface area contributed by atoms with E-state index in [0.717, 1.165) is 11.4 Å². The summed E-state index contributed by atoms with van der Waals surface area (Å²) in [5.41, 5.74) is 1.10. The van der Waals surface area contributed by atoms with Gasteiger partial charge in [0.05, 0.1) is 11.9 Å². The second-order valence-electron chi connectivity index (χ2n) is 3.64. The first-order valence-electron chi connectivity index (χ1n) is 5.15. The highest BCUT2D eigenvalue weighted by atomic mass is 32.2. The average molecular weight is 249 g/mol. The summed E-state index contributed by atoms with van der Waals surface area (Å²) < 4.78 is 0. The molecule has 0 aliphatic carbocycles. The van der Waals surface area contributed by atoms with Crippen molar-refractivity contribution in [2.45, 2.75) is 6.04 Å². The van der Waals surface area contributed by atoms with Crippen LogP contribution in [0, 0.1) is 11.3 Å². The summed E-state index contributed by atoms with van der Waals surface area (Å²) in [5.74, 6) is 0.667. The first kappa shape index (κ1) is 11.7. The van der Waals surface area contributed by atoms with Crippen LogP contribution in [0.1, 0.15) is 5.69 Å². The first-order chi connectivity index (χ1) is 8.22. The van der Waals surface area contributed by atoms with Gasteiger partial charge in [0.2, 0.25) is 0 Å². The number of aliphatic carboxylic acids is 1. The summed E-state index contributed by atoms with van der Waals surface area (Å²) in [6, 6.07) is 4.78. The molecule has 1 atom stereocenters. The fourth-order valence-corrected chi connectivity index (χ4v) is 2.78. The minimum atomic E-state index is -0.818. The molecule has 0 saturated carbocycles. The van der Waals surface area contributed by atoms with Crippen LogP contribution in [0.15, 0.2) is 18.3 Å². The number of hydrogen-bond acceptors (Lipinski definition) is 5. The van der Waals surface area contributed by atoms with Crippen LogP contribution in [0.25, 0.3) is 0 Å². The molecule has 0 spiro atoms. The molecule has 0 aromatic carbocycles. The lowest BCUT2D eigenvalue weighted by Crippen LogP contribution is -2.47. The molecule has 1 aromatic heterocycles. The highest BCUT2D eigenvalue weighted by Gasteiger charge is 2.29. The molecule has 6 heteroatoms. The zero-order valence-electron chi connectivity index (χ0n) is 9.04. The van der Waals surface area contributed by atoms with E-state index in [9.17, 15) is 4.79 Å². The third-order valence-corrected chi connectivity index (χ3v) is 3.63. The Balaban J connectivity index is 2.24. The molecule has 2 heterocycles. The predicted octanol–water partition coefficient (Wildman–Crippen LogP) is 0.960. The summed E-state index contributed by atoms with van der Waals surface area (Å²) in [4.78, 5) is 16.9. The molecular formula is C11H11N3O2S. The van der Waals surface area contributed by atoms with Crippen molar-refractivity contribution in [3.8, 4) is 6.07 Å². The smallest absolute Gasteiger partial charge is 0.327 e. The molecule has 0 radical (unpaired) electrons. The van der Waals surface area contributed by atoms with Crippen LogP contribution in [0.5, 0.6) is 0 Å². The van der Waals surface area contributed by atoms with Crippen LogP contribution in [-0.4, -0.2) is 40.2 Å². The number of carboxylic acids is 1. The van der Waals surface area contributed by atoms with Crippen molar-refractivity contribution in [2.24, 2.45) is 0 Å². The van der Waals surface area contributed by atoms with Gasteiger partial charge in [-0.2, -0.15) is 17.0 Å². The maximum atomic E-state index is 11.1. The number of aromatic nitrogens is 1. The van der Waals surface area contributed by atoms with Gasteiger partial charge in [-0.3, -0.25) is 0 Å². The van der Waals surface area contributed by atoms with Crippen LogP contribution in [0.3, 0.4) is 0 Å². The summed E-state index contributed by atoms with van der Waals surface area (Å²) in [7, 11) is 0. The standard InChI is InChI=1S/C11H11N3O2S/c12-5-8-1-2-9(6-13-8)14-3-4-17-7-10(14)11(15)16/h1-2,6,10H,3-4,7H2,(H,15,16). The van der Waals surface area contributed by atoms with E-state index < -0.39 is 12.0 Å². The summed E-state index contributed by atoms with van der Waals surface area (Å²) in [6.07, 6.45) is 1.56. The monoisotopic (exact) mass is 249 g/mol. The van der Waals surface area contributed by atoms with Crippen molar-refractivity contribution in [1.29, 1.82) is 5.26 Å². The average Bonchev–Trinajstić information content (AvgIpc) is 2.39. The molecule has 0 amide bonds. The number of carboxylic acid groups (broad SMARTS) is 1. The van der Waals surface area contributed by atoms with E-state index in [2.05, 4.69) is 4.98 Å². The van der Waals surface area contributed by atoms with Gasteiger partial charge in [-0.25, -0.2) is 9.78 Å². The molecule has 1 N–H and O–H groups in total. The number of rotatable bonds is 2. The van der Waals surface area contributed by atoms with Crippen LogP contribution in [0.2, 0.25) is 0 Å². The van der Waals surface area contributed by atoms with Gasteiger partial charge in [-0.15, -0.1) is 0 Å². The normalized spacial score (nSPS) is 19.7. The lowest BCUT2D eigenvalue weighted by molar-refractivity contribution is -0.138. The second-order valence-corrected chi connectivity index (χ2v) is 4.79. The predicted molar refractivity (Wildman–Crippen MR) is 65.0 cm³/mol. The Hall–Kier alpha value is -1.74. The Morgan fingerprint density at radius 2 is 2.47 bits per heavy atom. The lowest BCUT2D eigenvalue weighted by Gasteiger charge is -2.34. The number of thioether (sulfide) groups is 1. The Morgan fingerprint density at radius 3 is 3.06 bits per heavy atom. The largest absolute Gasteiger partial charge is 0.480 e. The van der Waals surface area contributed by atoms with Crippen LogP contribution < -0.4 is 4.90 Å². The molecule has 2 rings (SSSR count). The fourth-order valence-electron chi connectivity index (χ4n) is 1.74. The number of nitriles is 1. The number of carbonyl (C=O) groups is 1. The van der Waals surface area contributed by atoms with Crippen LogP contribution in [0.4, 0.5) is 5.69 Å². The van der Waals surface area contributed by atoms with Gasteiger partial charge in [0.1, 0.15) is 17.8 Å². The van der Waals surface area contributed by atoms with Crippen LogP contribution >= 0.6 is 11.8 Å². The Labute approximate surface area is 103 Å². The highest BCUT2D eigenvalue weighted by Crippen LogP contribution is 2.23. The Morgan fingerprint density at radius 1 is 1.65 bits per heavy atom. The highest BCUT2D eigenvalue weighted by molar-refractivity contribution is 7.99. The summed E-state index contributed by atoms with van der Waals surface area (Å²) >= 11 is 1.64. The van der Waals surface area contributed by atoms with Gasteiger partial charge in [0.25, 0.3) is 0 Å². The SMILES string of the molecule is N#Cc1ccc(N2CCSCC2C(=O)O)cn1. The molecule has 88 valence electrons. The van der Waals surface area contributed by atoms with Gasteiger partial charge in [-0.05, 0) is 12.1 Å². The van der Waals surface area contributed by atoms with E-state index in [-0.39, 0.29) is 0 Å². The quantitative estimate of drug-likeness (QED) is 0.841. The Kier molecular flexibility index (Phi) is 3.49. The molecule has 5 nitrogen and oxygen atoms in total. The van der Waals surface area contributed by atoms with Gasteiger partial charge in [-0.1, -0.05) is 0 Å². The Bertz CT molecular complexity index is 455. The summed E-state index contributed by atoms with van der Waals surface area (Å²) in [5, 5.41) is 17.8. The molecule has 17 heavy (non-hydrogen) atoms. The zero-order valence-corrected chi connectivity index (χ0v) is 9.85. The van der Waals surface area contributed by atoms with Gasteiger partial charge < -0.3 is 10.0 Å². The molecule has 1 saturated heterocycles. The van der Waals surface area contributed by atoms with E-state index in [1.165, 1.54) is 0 Å². The van der Waals surface area contributed by atoms with E-state index in [4.69, 9.17) is 10.4 Å². The third-order valence-electron chi connectivity index (χ3n) is 2.61. The van der Waals surface area contributed by atoms with Crippen molar-refractivity contribution in [1.82, 2.24) is 4.98 Å². The molecule has 0 bridgehead atoms. The topological polar surface area (TPSA) is 77.2 Å².